The molecule has 0 atom stereocenters. The number of nitrogens with zero attached hydrogens (tertiary/aromatic N) is 2. The molecule has 0 aliphatic heterocycles. The first-order chi connectivity index (χ1) is 17.5. The largest absolute Gasteiger partial charge is 0.326 e. The van der Waals surface area contributed by atoms with Gasteiger partial charge in [0.05, 0.1) is 16.6 Å². The predicted octanol–water partition coefficient (Wildman–Crippen LogP) is 6.20. The first kappa shape index (κ1) is 28.4. The minimum atomic E-state index is -0.200. The van der Waals surface area contributed by atoms with Gasteiger partial charge in [0, 0.05) is 5.69 Å². The molecule has 4 aromatic rings. The molecule has 5 rings (SSSR count). The van der Waals surface area contributed by atoms with Crippen LogP contribution in [0, 0.1) is 6.92 Å². The fraction of sp³-hybridized carbons (Fsp3) is 0.200. The van der Waals surface area contributed by atoms with Gasteiger partial charge < -0.3 is 10.1 Å². The van der Waals surface area contributed by atoms with Gasteiger partial charge in [-0.15, -0.1) is 19.7 Å². The molecule has 0 spiro atoms. The first-order valence-corrected chi connectivity index (χ1v) is 11.9. The molecule has 1 fully saturated rings. The van der Waals surface area contributed by atoms with Crippen molar-refractivity contribution in [3.63, 3.8) is 0 Å². The Labute approximate surface area is 218 Å². The van der Waals surface area contributed by atoms with Crippen LogP contribution >= 0.6 is 0 Å². The first-order valence-electron chi connectivity index (χ1n) is 11.9. The van der Waals surface area contributed by atoms with E-state index < -0.39 is 0 Å². The molecule has 1 aliphatic carbocycles. The van der Waals surface area contributed by atoms with Crippen LogP contribution in [0.5, 0.6) is 0 Å². The summed E-state index contributed by atoms with van der Waals surface area (Å²) in [6, 6.07) is 22.5. The third-order valence-corrected chi connectivity index (χ3v) is 5.95. The number of aromatic nitrogens is 2. The van der Waals surface area contributed by atoms with E-state index in [9.17, 15) is 0 Å². The lowest BCUT2D eigenvalue weighted by molar-refractivity contribution is -0.0979. The topological polar surface area (TPSA) is 46.9 Å². The highest BCUT2D eigenvalue weighted by Crippen LogP contribution is 2.52. The minimum absolute atomic E-state index is 0.200. The summed E-state index contributed by atoms with van der Waals surface area (Å²) in [6.07, 6.45) is 2.03. The van der Waals surface area contributed by atoms with E-state index in [1.807, 2.05) is 44.9 Å². The maximum Gasteiger partial charge on any atom is 0.209 e. The van der Waals surface area contributed by atoms with E-state index in [1.54, 1.807) is 0 Å². The summed E-state index contributed by atoms with van der Waals surface area (Å²) in [5.41, 5.74) is 7.33. The number of benzene rings is 3. The van der Waals surface area contributed by atoms with Crippen molar-refractivity contribution >= 4 is 56.1 Å². The van der Waals surface area contributed by atoms with Gasteiger partial charge in [0.1, 0.15) is 22.5 Å². The number of nitrogens with one attached hydrogen (secondary N) is 1. The summed E-state index contributed by atoms with van der Waals surface area (Å²) in [5.74, 6) is 0.800. The molecular formula is C30H33B2N3O. The lowest BCUT2D eigenvalue weighted by Gasteiger charge is -2.24. The molecule has 0 amide bonds. The second kappa shape index (κ2) is 12.8. The molecule has 0 saturated heterocycles. The predicted molar refractivity (Wildman–Crippen MR) is 157 cm³/mol. The third-order valence-electron chi connectivity index (χ3n) is 5.95. The van der Waals surface area contributed by atoms with Crippen molar-refractivity contribution in [1.82, 2.24) is 9.55 Å². The molecule has 0 unspecified atom stereocenters. The molecule has 1 saturated carbocycles. The monoisotopic (exact) mass is 473 g/mol. The van der Waals surface area contributed by atoms with E-state index in [0.717, 1.165) is 52.1 Å². The Hall–Kier alpha value is -3.79. The van der Waals surface area contributed by atoms with Crippen molar-refractivity contribution in [3.8, 4) is 0 Å². The highest BCUT2D eigenvalue weighted by Gasteiger charge is 2.49. The van der Waals surface area contributed by atoms with Gasteiger partial charge >= 0.3 is 0 Å². The quantitative estimate of drug-likeness (QED) is 0.277. The zero-order chi connectivity index (χ0) is 26.9. The highest BCUT2D eigenvalue weighted by molar-refractivity contribution is 6.41. The van der Waals surface area contributed by atoms with Crippen LogP contribution in [-0.4, -0.2) is 32.0 Å². The summed E-state index contributed by atoms with van der Waals surface area (Å²) >= 11 is 0. The smallest absolute Gasteiger partial charge is 0.209 e. The van der Waals surface area contributed by atoms with Gasteiger partial charge in [0.15, 0.2) is 0 Å². The van der Waals surface area contributed by atoms with Crippen LogP contribution in [0.1, 0.15) is 43.4 Å². The summed E-state index contributed by atoms with van der Waals surface area (Å²) in [4.78, 5) is 12.9. The van der Waals surface area contributed by atoms with Gasteiger partial charge in [0.25, 0.3) is 0 Å². The summed E-state index contributed by atoms with van der Waals surface area (Å²) in [7, 11) is 12.3. The van der Waals surface area contributed by atoms with Crippen molar-refractivity contribution in [2.24, 2.45) is 0 Å². The number of hydrogen-bond donors (Lipinski definition) is 1. The van der Waals surface area contributed by atoms with Crippen molar-refractivity contribution in [2.45, 2.75) is 39.2 Å². The molecule has 3 aromatic carbocycles. The maximum atomic E-state index is 8.00. The van der Waals surface area contributed by atoms with E-state index >= 15 is 0 Å². The van der Waals surface area contributed by atoms with Crippen LogP contribution in [0.2, 0.25) is 0 Å². The van der Waals surface area contributed by atoms with Crippen LogP contribution in [-0.2, 0) is 10.3 Å². The SMILES string of the molecule is C=C.C=O.CC.[B]C(=C)c1ccc2c(c1)nc(Nc1ccc(C)cc1)n2C1(c2ccccc2[B])CC1. The highest BCUT2D eigenvalue weighted by atomic mass is 16.1. The lowest BCUT2D eigenvalue weighted by Crippen LogP contribution is -2.27. The summed E-state index contributed by atoms with van der Waals surface area (Å²) in [5, 5.41) is 3.53. The van der Waals surface area contributed by atoms with E-state index in [1.165, 1.54) is 5.56 Å². The molecule has 6 heteroatoms. The molecule has 4 radical (unpaired) electrons. The summed E-state index contributed by atoms with van der Waals surface area (Å²) < 4.78 is 2.30. The molecular weight excluding hydrogens is 440 g/mol. The summed E-state index contributed by atoms with van der Waals surface area (Å²) in [6.45, 7) is 17.9. The maximum absolute atomic E-state index is 8.00. The van der Waals surface area contributed by atoms with E-state index in [2.05, 4.69) is 79.0 Å². The molecule has 0 bridgehead atoms. The van der Waals surface area contributed by atoms with Gasteiger partial charge in [-0.1, -0.05) is 72.8 Å². The van der Waals surface area contributed by atoms with Crippen molar-refractivity contribution in [2.75, 3.05) is 5.32 Å². The second-order valence-electron chi connectivity index (χ2n) is 8.11. The van der Waals surface area contributed by atoms with Gasteiger partial charge in [-0.3, -0.25) is 4.57 Å². The average Bonchev–Trinajstić information content (AvgIpc) is 3.63. The standard InChI is InChI=1S/C25H21B2N3.C2H6.C2H4.CH2O/c1-16-7-10-19(11-8-16)28-24-29-22-15-18(17(2)26)9-12-23(22)30(24)25(13-14-25)20-5-3-4-6-21(20)27;3*1-2/h3-12,15H,2,13-14H2,1H3,(H,28,29);1-2H3;1-2H2;1H2. The zero-order valence-electron chi connectivity index (χ0n) is 21.6. The van der Waals surface area contributed by atoms with Crippen LogP contribution < -0.4 is 10.8 Å². The molecule has 1 N–H and O–H groups in total. The minimum Gasteiger partial charge on any atom is -0.326 e. The number of aryl methyl sites for hydroxylation is 1. The Bertz CT molecular complexity index is 1310. The zero-order valence-corrected chi connectivity index (χ0v) is 21.6. The Balaban J connectivity index is 0.000000710. The van der Waals surface area contributed by atoms with Crippen molar-refractivity contribution < 1.29 is 4.79 Å². The Morgan fingerprint density at radius 1 is 1.00 bits per heavy atom. The molecule has 1 heterocycles. The number of anilines is 2. The van der Waals surface area contributed by atoms with E-state index in [-0.39, 0.29) is 5.54 Å². The number of fused-ring (bicyclic) bond motifs is 1. The average molecular weight is 473 g/mol. The van der Waals surface area contributed by atoms with Gasteiger partial charge in [0.2, 0.25) is 5.95 Å². The van der Waals surface area contributed by atoms with Crippen LogP contribution in [0.3, 0.4) is 0 Å². The number of rotatable bonds is 5. The second-order valence-corrected chi connectivity index (χ2v) is 8.11. The number of carbonyl (C=O) groups is 1. The third kappa shape index (κ3) is 5.71. The lowest BCUT2D eigenvalue weighted by atomic mass is 9.85. The van der Waals surface area contributed by atoms with Crippen LogP contribution in [0.4, 0.5) is 11.6 Å². The fourth-order valence-corrected chi connectivity index (χ4v) is 4.22. The van der Waals surface area contributed by atoms with Gasteiger partial charge in [-0.2, -0.15) is 0 Å². The Morgan fingerprint density at radius 3 is 2.17 bits per heavy atom. The van der Waals surface area contributed by atoms with Crippen molar-refractivity contribution in [3.05, 3.63) is 103 Å². The van der Waals surface area contributed by atoms with Gasteiger partial charge in [-0.05, 0) is 55.2 Å². The van der Waals surface area contributed by atoms with Gasteiger partial charge in [-0.25, -0.2) is 4.98 Å². The molecule has 180 valence electrons. The van der Waals surface area contributed by atoms with Crippen LogP contribution in [0.15, 0.2) is 86.5 Å². The van der Waals surface area contributed by atoms with E-state index in [0.29, 0.717) is 5.47 Å². The number of imidazole rings is 1. The Morgan fingerprint density at radius 2 is 1.61 bits per heavy atom. The van der Waals surface area contributed by atoms with E-state index in [4.69, 9.17) is 25.5 Å². The Kier molecular flexibility index (Phi) is 10.1. The number of carbonyl (C=O) groups excluding carboxylic acids is 1. The molecule has 4 nitrogen and oxygen atoms in total. The molecule has 36 heavy (non-hydrogen) atoms. The normalized spacial score (nSPS) is 12.5. The number of hydrogen-bond acceptors (Lipinski definition) is 3. The molecule has 1 aliphatic rings. The fourth-order valence-electron chi connectivity index (χ4n) is 4.22. The van der Waals surface area contributed by atoms with Crippen molar-refractivity contribution in [1.29, 1.82) is 0 Å². The van der Waals surface area contributed by atoms with Crippen LogP contribution in [0.25, 0.3) is 16.5 Å². The molecule has 1 aromatic heterocycles.